The molecule has 0 spiro atoms. The van der Waals surface area contributed by atoms with Gasteiger partial charge in [0.25, 0.3) is 5.56 Å². The summed E-state index contributed by atoms with van der Waals surface area (Å²) in [6.45, 7) is 7.48. The van der Waals surface area contributed by atoms with Crippen molar-refractivity contribution in [3.8, 4) is 22.5 Å². The summed E-state index contributed by atoms with van der Waals surface area (Å²) < 4.78 is 3.18. The molecule has 0 aliphatic heterocycles. The Morgan fingerprint density at radius 2 is 1.72 bits per heavy atom. The molecule has 1 amide bonds. The van der Waals surface area contributed by atoms with Gasteiger partial charge >= 0.3 is 6.03 Å². The van der Waals surface area contributed by atoms with Gasteiger partial charge in [0, 0.05) is 37.8 Å². The third-order valence-electron chi connectivity index (χ3n) is 6.99. The number of aromatic amines is 1. The minimum Gasteiger partial charge on any atom is -0.325 e. The maximum atomic E-state index is 13.6. The molecule has 0 saturated carbocycles. The largest absolute Gasteiger partial charge is 0.331 e. The molecule has 3 aromatic heterocycles. The fourth-order valence-electron chi connectivity index (χ4n) is 4.86. The zero-order valence-electron chi connectivity index (χ0n) is 22.5. The Kier molecular flexibility index (Phi) is 7.62. The van der Waals surface area contributed by atoms with Crippen LogP contribution in [0.15, 0.2) is 65.6 Å². The molecule has 0 aliphatic carbocycles. The molecule has 3 heterocycles. The first-order valence-electron chi connectivity index (χ1n) is 13.4. The number of rotatable bonds is 9. The molecule has 0 atom stereocenters. The van der Waals surface area contributed by atoms with Gasteiger partial charge in [0.1, 0.15) is 11.3 Å². The molecular formula is C29H32N8O2. The Morgan fingerprint density at radius 3 is 2.38 bits per heavy atom. The number of hydrogen-bond acceptors (Lipinski definition) is 6. The van der Waals surface area contributed by atoms with Crippen LogP contribution in [-0.4, -0.2) is 58.8 Å². The number of benzene rings is 2. The summed E-state index contributed by atoms with van der Waals surface area (Å²) in [7, 11) is 0. The molecular weight excluding hydrogens is 492 g/mol. The van der Waals surface area contributed by atoms with Crippen molar-refractivity contribution in [2.45, 2.75) is 46.6 Å². The number of nitrogens with zero attached hydrogens (tertiary/aromatic N) is 7. The van der Waals surface area contributed by atoms with Gasteiger partial charge < -0.3 is 9.47 Å². The lowest BCUT2D eigenvalue weighted by Crippen LogP contribution is -2.39. The average Bonchev–Trinajstić information content (AvgIpc) is 3.62. The van der Waals surface area contributed by atoms with Gasteiger partial charge in [-0.25, -0.2) is 14.3 Å². The van der Waals surface area contributed by atoms with Gasteiger partial charge in [-0.3, -0.25) is 4.79 Å². The zero-order valence-corrected chi connectivity index (χ0v) is 22.5. The van der Waals surface area contributed by atoms with Crippen LogP contribution in [-0.2, 0) is 13.0 Å². The first-order chi connectivity index (χ1) is 19.0. The highest BCUT2D eigenvalue weighted by molar-refractivity contribution is 5.83. The highest BCUT2D eigenvalue weighted by Gasteiger charge is 2.20. The summed E-state index contributed by atoms with van der Waals surface area (Å²) in [5.41, 5.74) is 4.66. The van der Waals surface area contributed by atoms with Crippen LogP contribution in [0, 0.1) is 0 Å². The van der Waals surface area contributed by atoms with Crippen LogP contribution in [0.3, 0.4) is 0 Å². The van der Waals surface area contributed by atoms with Crippen LogP contribution in [0.1, 0.15) is 45.0 Å². The number of unbranched alkanes of at least 4 members (excludes halogenated alkanes) is 1. The standard InChI is InChI=1S/C29H32N8O2/c1-4-7-12-25-30-24-17-18-36(29(39)35(5-2)6-3)28(38)26(24)37(25)19-20-13-15-21(16-14-20)22-10-8-9-11-23(22)27-31-33-34-32-27/h8-11,13-18H,4-7,12,19H2,1-3H3,(H,31,32,33,34). The second-order valence-electron chi connectivity index (χ2n) is 9.38. The first kappa shape index (κ1) is 26.0. The van der Waals surface area contributed by atoms with E-state index in [9.17, 15) is 9.59 Å². The van der Waals surface area contributed by atoms with Gasteiger partial charge in [0.05, 0.1) is 5.52 Å². The molecule has 10 heteroatoms. The van der Waals surface area contributed by atoms with Crippen LogP contribution in [0.4, 0.5) is 4.79 Å². The maximum absolute atomic E-state index is 13.6. The van der Waals surface area contributed by atoms with Crippen LogP contribution < -0.4 is 5.56 Å². The molecule has 0 unspecified atom stereocenters. The topological polar surface area (TPSA) is 115 Å². The summed E-state index contributed by atoms with van der Waals surface area (Å²) in [6, 6.07) is 17.6. The minimum absolute atomic E-state index is 0.320. The predicted octanol–water partition coefficient (Wildman–Crippen LogP) is 4.75. The summed E-state index contributed by atoms with van der Waals surface area (Å²) in [5, 5.41) is 14.5. The number of pyridine rings is 1. The van der Waals surface area contributed by atoms with Gasteiger partial charge in [0.2, 0.25) is 5.82 Å². The molecule has 0 fully saturated rings. The number of nitrogens with one attached hydrogen (secondary N) is 1. The number of aromatic nitrogens is 7. The second-order valence-corrected chi connectivity index (χ2v) is 9.38. The van der Waals surface area contributed by atoms with Crippen molar-refractivity contribution < 1.29 is 4.79 Å². The van der Waals surface area contributed by atoms with Crippen molar-refractivity contribution in [3.63, 3.8) is 0 Å². The smallest absolute Gasteiger partial charge is 0.325 e. The number of fused-ring (bicyclic) bond motifs is 1. The third kappa shape index (κ3) is 5.09. The monoisotopic (exact) mass is 524 g/mol. The van der Waals surface area contributed by atoms with Crippen molar-refractivity contribution in [2.24, 2.45) is 0 Å². The van der Waals surface area contributed by atoms with Crippen LogP contribution in [0.25, 0.3) is 33.5 Å². The molecule has 39 heavy (non-hydrogen) atoms. The predicted molar refractivity (Wildman–Crippen MR) is 150 cm³/mol. The van der Waals surface area contributed by atoms with Gasteiger partial charge in [-0.2, -0.15) is 5.21 Å². The van der Waals surface area contributed by atoms with E-state index in [2.05, 4.69) is 51.8 Å². The van der Waals surface area contributed by atoms with E-state index in [0.29, 0.717) is 36.5 Å². The molecule has 0 bridgehead atoms. The minimum atomic E-state index is -0.342. The quantitative estimate of drug-likeness (QED) is 0.298. The fourth-order valence-corrected chi connectivity index (χ4v) is 4.86. The molecule has 0 radical (unpaired) electrons. The Balaban J connectivity index is 1.53. The third-order valence-corrected chi connectivity index (χ3v) is 6.99. The van der Waals surface area contributed by atoms with Gasteiger partial charge in [-0.15, -0.1) is 10.2 Å². The van der Waals surface area contributed by atoms with Gasteiger partial charge in [0.15, 0.2) is 0 Å². The molecule has 0 saturated heterocycles. The van der Waals surface area contributed by atoms with E-state index in [4.69, 9.17) is 4.98 Å². The average molecular weight is 525 g/mol. The maximum Gasteiger partial charge on any atom is 0.331 e. The Bertz CT molecular complexity index is 1630. The lowest BCUT2D eigenvalue weighted by atomic mass is 9.98. The normalized spacial score (nSPS) is 11.3. The number of tetrazole rings is 1. The number of aryl methyl sites for hydroxylation is 1. The van der Waals surface area contributed by atoms with Crippen molar-refractivity contribution in [1.29, 1.82) is 0 Å². The number of hydrogen-bond donors (Lipinski definition) is 1. The molecule has 2 aromatic carbocycles. The summed E-state index contributed by atoms with van der Waals surface area (Å²) in [5.74, 6) is 1.39. The molecule has 10 nitrogen and oxygen atoms in total. The second kappa shape index (κ2) is 11.4. The van der Waals surface area contributed by atoms with Crippen molar-refractivity contribution >= 4 is 17.1 Å². The molecule has 200 valence electrons. The highest BCUT2D eigenvalue weighted by atomic mass is 16.2. The van der Waals surface area contributed by atoms with Crippen molar-refractivity contribution in [2.75, 3.05) is 13.1 Å². The molecule has 1 N–H and O–H groups in total. The van der Waals surface area contributed by atoms with Gasteiger partial charge in [-0.05, 0) is 48.2 Å². The van der Waals surface area contributed by atoms with Crippen molar-refractivity contribution in [1.82, 2.24) is 39.6 Å². The Morgan fingerprint density at radius 1 is 0.974 bits per heavy atom. The Labute approximate surface area is 226 Å². The number of carbonyl (C=O) groups excluding carboxylic acids is 1. The SMILES string of the molecule is CCCCc1nc2ccn(C(=O)N(CC)CC)c(=O)c2n1Cc1ccc(-c2ccccc2-c2nn[nH]n2)cc1. The number of amides is 1. The lowest BCUT2D eigenvalue weighted by Gasteiger charge is -2.19. The Hall–Kier alpha value is -4.60. The van der Waals surface area contributed by atoms with E-state index in [1.165, 1.54) is 4.57 Å². The zero-order chi connectivity index (χ0) is 27.4. The van der Waals surface area contributed by atoms with Crippen LogP contribution in [0.5, 0.6) is 0 Å². The molecule has 0 aliphatic rings. The number of H-pyrrole nitrogens is 1. The van der Waals surface area contributed by atoms with E-state index in [-0.39, 0.29) is 11.6 Å². The van der Waals surface area contributed by atoms with Crippen LogP contribution in [0.2, 0.25) is 0 Å². The summed E-state index contributed by atoms with van der Waals surface area (Å²) in [6.07, 6.45) is 4.27. The van der Waals surface area contributed by atoms with E-state index in [0.717, 1.165) is 47.3 Å². The first-order valence-corrected chi connectivity index (χ1v) is 13.4. The van der Waals surface area contributed by atoms with E-state index in [1.807, 2.05) is 42.7 Å². The van der Waals surface area contributed by atoms with E-state index >= 15 is 0 Å². The number of imidazole rings is 1. The summed E-state index contributed by atoms with van der Waals surface area (Å²) >= 11 is 0. The number of carbonyl (C=O) groups is 1. The lowest BCUT2D eigenvalue weighted by molar-refractivity contribution is 0.204. The highest BCUT2D eigenvalue weighted by Crippen LogP contribution is 2.30. The fraction of sp³-hybridized carbons (Fsp3) is 0.310. The van der Waals surface area contributed by atoms with Gasteiger partial charge in [-0.1, -0.05) is 61.9 Å². The van der Waals surface area contributed by atoms with Crippen molar-refractivity contribution in [3.05, 3.63) is 82.5 Å². The van der Waals surface area contributed by atoms with E-state index < -0.39 is 0 Å². The molecule has 5 aromatic rings. The van der Waals surface area contributed by atoms with E-state index in [1.54, 1.807) is 17.2 Å². The van der Waals surface area contributed by atoms with Crippen LogP contribution >= 0.6 is 0 Å². The summed E-state index contributed by atoms with van der Waals surface area (Å²) in [4.78, 5) is 33.1. The molecule has 5 rings (SSSR count).